The fourth-order valence-electron chi connectivity index (χ4n) is 3.85. The van der Waals surface area contributed by atoms with Gasteiger partial charge in [0.25, 0.3) is 0 Å². The molecule has 1 aromatic carbocycles. The van der Waals surface area contributed by atoms with Crippen LogP contribution in [0.5, 0.6) is 0 Å². The van der Waals surface area contributed by atoms with Crippen LogP contribution in [0.1, 0.15) is 49.7 Å². The molecule has 1 aliphatic heterocycles. The summed E-state index contributed by atoms with van der Waals surface area (Å²) >= 11 is 0. The summed E-state index contributed by atoms with van der Waals surface area (Å²) in [4.78, 5) is 15.0. The Bertz CT molecular complexity index is 494. The second kappa shape index (κ2) is 5.57. The molecule has 1 heterocycles. The van der Waals surface area contributed by atoms with E-state index in [0.29, 0.717) is 6.04 Å². The fraction of sp³-hybridized carbons (Fsp3) is 0.588. The molecule has 3 heteroatoms. The van der Waals surface area contributed by atoms with Crippen molar-refractivity contribution in [2.24, 2.45) is 0 Å². The predicted octanol–water partition coefficient (Wildman–Crippen LogP) is 2.66. The maximum atomic E-state index is 12.9. The average molecular weight is 272 g/mol. The second-order valence-electron chi connectivity index (χ2n) is 6.16. The lowest BCUT2D eigenvalue weighted by Crippen LogP contribution is -2.48. The Hall–Kier alpha value is -1.35. The van der Waals surface area contributed by atoms with E-state index in [1.807, 2.05) is 7.05 Å². The first-order valence-corrected chi connectivity index (χ1v) is 7.78. The van der Waals surface area contributed by atoms with E-state index in [1.165, 1.54) is 36.8 Å². The normalized spacial score (nSPS) is 27.5. The highest BCUT2D eigenvalue weighted by atomic mass is 16.2. The van der Waals surface area contributed by atoms with Crippen LogP contribution < -0.4 is 5.32 Å². The van der Waals surface area contributed by atoms with Crippen molar-refractivity contribution >= 4 is 5.91 Å². The molecule has 3 rings (SSSR count). The summed E-state index contributed by atoms with van der Waals surface area (Å²) < 4.78 is 0. The number of benzene rings is 1. The Balaban J connectivity index is 1.99. The first-order chi connectivity index (χ1) is 9.72. The number of carbonyl (C=O) groups is 1. The monoisotopic (exact) mass is 272 g/mol. The third-order valence-corrected chi connectivity index (χ3v) is 5.01. The zero-order valence-corrected chi connectivity index (χ0v) is 12.4. The van der Waals surface area contributed by atoms with Crippen LogP contribution in [-0.2, 0) is 11.3 Å². The molecule has 1 aliphatic carbocycles. The van der Waals surface area contributed by atoms with Gasteiger partial charge in [0.15, 0.2) is 0 Å². The molecule has 0 radical (unpaired) electrons. The summed E-state index contributed by atoms with van der Waals surface area (Å²) in [7, 11) is 1.90. The summed E-state index contributed by atoms with van der Waals surface area (Å²) in [5.74, 6) is 0.512. The van der Waals surface area contributed by atoms with Gasteiger partial charge < -0.3 is 10.2 Å². The molecule has 2 aliphatic rings. The molecule has 3 nitrogen and oxygen atoms in total. The lowest BCUT2D eigenvalue weighted by Gasteiger charge is -2.31. The van der Waals surface area contributed by atoms with E-state index in [-0.39, 0.29) is 17.9 Å². The van der Waals surface area contributed by atoms with Crippen LogP contribution in [0, 0.1) is 0 Å². The van der Waals surface area contributed by atoms with Gasteiger partial charge in [0.2, 0.25) is 5.91 Å². The Labute approximate surface area is 121 Å². The van der Waals surface area contributed by atoms with Crippen molar-refractivity contribution in [3.05, 3.63) is 35.4 Å². The van der Waals surface area contributed by atoms with Gasteiger partial charge in [0, 0.05) is 18.5 Å². The van der Waals surface area contributed by atoms with Crippen LogP contribution >= 0.6 is 0 Å². The molecule has 0 saturated heterocycles. The van der Waals surface area contributed by atoms with Gasteiger partial charge >= 0.3 is 0 Å². The molecule has 0 aromatic heterocycles. The Morgan fingerprint density at radius 3 is 2.60 bits per heavy atom. The van der Waals surface area contributed by atoms with Gasteiger partial charge in [-0.2, -0.15) is 0 Å². The molecule has 1 amide bonds. The first kappa shape index (κ1) is 13.6. The number of fused-ring (bicyclic) bond motifs is 1. The minimum atomic E-state index is -0.0979. The molecule has 0 spiro atoms. The average Bonchev–Trinajstić information content (AvgIpc) is 2.96. The summed E-state index contributed by atoms with van der Waals surface area (Å²) in [5, 5.41) is 3.25. The van der Waals surface area contributed by atoms with Crippen LogP contribution in [0.3, 0.4) is 0 Å². The molecule has 1 saturated carbocycles. The minimum absolute atomic E-state index is 0.0979. The van der Waals surface area contributed by atoms with Crippen molar-refractivity contribution in [3.8, 4) is 0 Å². The first-order valence-electron chi connectivity index (χ1n) is 7.78. The molecular formula is C17H24N2O. The van der Waals surface area contributed by atoms with Gasteiger partial charge in [0.05, 0.1) is 6.04 Å². The van der Waals surface area contributed by atoms with E-state index >= 15 is 0 Å². The largest absolute Gasteiger partial charge is 0.334 e. The molecule has 1 aromatic rings. The lowest BCUT2D eigenvalue weighted by atomic mass is 9.91. The van der Waals surface area contributed by atoms with Crippen LogP contribution in [0.25, 0.3) is 0 Å². The molecule has 0 bridgehead atoms. The van der Waals surface area contributed by atoms with Crippen LogP contribution in [0.2, 0.25) is 0 Å². The van der Waals surface area contributed by atoms with Crippen molar-refractivity contribution < 1.29 is 4.79 Å². The third-order valence-electron chi connectivity index (χ3n) is 5.01. The highest BCUT2D eigenvalue weighted by molar-refractivity contribution is 5.84. The number of rotatable bonds is 2. The van der Waals surface area contributed by atoms with E-state index in [2.05, 4.69) is 41.4 Å². The van der Waals surface area contributed by atoms with Gasteiger partial charge in [0.1, 0.15) is 0 Å². The molecule has 108 valence electrons. The van der Waals surface area contributed by atoms with Crippen molar-refractivity contribution in [2.45, 2.75) is 57.2 Å². The Kier molecular flexibility index (Phi) is 3.79. The highest BCUT2D eigenvalue weighted by Gasteiger charge is 2.37. The minimum Gasteiger partial charge on any atom is -0.334 e. The van der Waals surface area contributed by atoms with Crippen LogP contribution in [0.4, 0.5) is 0 Å². The Morgan fingerprint density at radius 2 is 1.90 bits per heavy atom. The summed E-state index contributed by atoms with van der Waals surface area (Å²) in [6, 6.07) is 8.87. The summed E-state index contributed by atoms with van der Waals surface area (Å²) in [6.45, 7) is 2.94. The van der Waals surface area contributed by atoms with Gasteiger partial charge in [-0.3, -0.25) is 4.79 Å². The number of hydrogen-bond donors (Lipinski definition) is 1. The zero-order chi connectivity index (χ0) is 14.1. The Morgan fingerprint density at radius 1 is 1.20 bits per heavy atom. The standard InChI is InChI=1S/C17H24N2O/c1-12-15-10-6-3-7-13(15)11-19(14-8-4-5-9-14)17(20)16(12)18-2/h3,6-7,10,12,14,16,18H,4-5,8-9,11H2,1-2H3. The summed E-state index contributed by atoms with van der Waals surface area (Å²) in [6.07, 6.45) is 4.85. The van der Waals surface area contributed by atoms with Gasteiger partial charge in [-0.25, -0.2) is 0 Å². The van der Waals surface area contributed by atoms with Crippen LogP contribution in [-0.4, -0.2) is 29.9 Å². The van der Waals surface area contributed by atoms with E-state index in [9.17, 15) is 4.79 Å². The smallest absolute Gasteiger partial charge is 0.240 e. The summed E-state index contributed by atoms with van der Waals surface area (Å²) in [5.41, 5.74) is 2.64. The lowest BCUT2D eigenvalue weighted by molar-refractivity contribution is -0.136. The molecule has 20 heavy (non-hydrogen) atoms. The second-order valence-corrected chi connectivity index (χ2v) is 6.16. The third kappa shape index (κ3) is 2.24. The number of hydrogen-bond acceptors (Lipinski definition) is 2. The zero-order valence-electron chi connectivity index (χ0n) is 12.4. The number of amides is 1. The van der Waals surface area contributed by atoms with Crippen LogP contribution in [0.15, 0.2) is 24.3 Å². The van der Waals surface area contributed by atoms with Gasteiger partial charge in [-0.1, -0.05) is 44.0 Å². The molecule has 2 atom stereocenters. The topological polar surface area (TPSA) is 32.3 Å². The molecule has 1 N–H and O–H groups in total. The van der Waals surface area contributed by atoms with E-state index in [0.717, 1.165) is 6.54 Å². The van der Waals surface area contributed by atoms with Crippen molar-refractivity contribution in [3.63, 3.8) is 0 Å². The van der Waals surface area contributed by atoms with E-state index < -0.39 is 0 Å². The van der Waals surface area contributed by atoms with Crippen molar-refractivity contribution in [1.82, 2.24) is 10.2 Å². The maximum Gasteiger partial charge on any atom is 0.240 e. The highest BCUT2D eigenvalue weighted by Crippen LogP contribution is 2.33. The number of carbonyl (C=O) groups excluding carboxylic acids is 1. The maximum absolute atomic E-state index is 12.9. The number of nitrogens with one attached hydrogen (secondary N) is 1. The number of likely N-dealkylation sites (N-methyl/N-ethyl adjacent to an activating group) is 1. The fourth-order valence-corrected chi connectivity index (χ4v) is 3.85. The van der Waals surface area contributed by atoms with Crippen molar-refractivity contribution in [2.75, 3.05) is 7.05 Å². The quantitative estimate of drug-likeness (QED) is 0.897. The van der Waals surface area contributed by atoms with E-state index in [1.54, 1.807) is 0 Å². The predicted molar refractivity (Wildman–Crippen MR) is 80.5 cm³/mol. The molecular weight excluding hydrogens is 248 g/mol. The van der Waals surface area contributed by atoms with Gasteiger partial charge in [-0.05, 0) is 31.0 Å². The van der Waals surface area contributed by atoms with E-state index in [4.69, 9.17) is 0 Å². The molecule has 1 fully saturated rings. The van der Waals surface area contributed by atoms with Gasteiger partial charge in [-0.15, -0.1) is 0 Å². The SMILES string of the molecule is CNC1C(=O)N(C2CCCC2)Cc2ccccc2C1C. The molecule has 2 unspecified atom stereocenters. The van der Waals surface area contributed by atoms with Crippen molar-refractivity contribution in [1.29, 1.82) is 0 Å². The number of nitrogens with zero attached hydrogens (tertiary/aromatic N) is 1.